The number of para-hydroxylation sites is 1. The van der Waals surface area contributed by atoms with Gasteiger partial charge in [0.15, 0.2) is 6.29 Å². The van der Waals surface area contributed by atoms with E-state index in [1.807, 2.05) is 40.7 Å². The molecular formula is C31H44O9. The van der Waals surface area contributed by atoms with Gasteiger partial charge < -0.3 is 28.4 Å². The van der Waals surface area contributed by atoms with Crippen LogP contribution in [0.25, 0.3) is 0 Å². The summed E-state index contributed by atoms with van der Waals surface area (Å²) < 4.78 is 31.3. The van der Waals surface area contributed by atoms with Crippen LogP contribution in [0.1, 0.15) is 83.0 Å². The molecule has 0 bridgehead atoms. The fraction of sp³-hybridized carbons (Fsp3) is 0.516. The normalized spacial score (nSPS) is 11.7. The molecule has 0 aliphatic rings. The van der Waals surface area contributed by atoms with E-state index in [2.05, 4.69) is 0 Å². The number of hydrogen-bond donors (Lipinski definition) is 0. The van der Waals surface area contributed by atoms with Crippen LogP contribution in [0.5, 0.6) is 11.5 Å². The summed E-state index contributed by atoms with van der Waals surface area (Å²) in [6, 6.07) is 13.2. The highest BCUT2D eigenvalue weighted by atomic mass is 16.7. The molecule has 2 rings (SSSR count). The van der Waals surface area contributed by atoms with Crippen LogP contribution < -0.4 is 9.47 Å². The average molecular weight is 561 g/mol. The molecule has 2 aromatic rings. The number of esters is 2. The largest absolute Gasteiger partial charge is 0.514 e. The van der Waals surface area contributed by atoms with Crippen molar-refractivity contribution >= 4 is 18.1 Å². The van der Waals surface area contributed by atoms with Crippen LogP contribution in [-0.2, 0) is 18.9 Å². The molecule has 0 spiro atoms. The number of carbonyl (C=O) groups is 3. The molecule has 1 unspecified atom stereocenters. The monoisotopic (exact) mass is 560 g/mol. The third-order valence-electron chi connectivity index (χ3n) is 4.58. The molecule has 0 saturated heterocycles. The first-order valence-corrected chi connectivity index (χ1v) is 13.4. The van der Waals surface area contributed by atoms with Crippen LogP contribution in [0.4, 0.5) is 4.79 Å². The second-order valence-electron chi connectivity index (χ2n) is 10.7. The second-order valence-corrected chi connectivity index (χ2v) is 10.7. The van der Waals surface area contributed by atoms with Gasteiger partial charge in [-0.05, 0) is 82.9 Å². The summed E-state index contributed by atoms with van der Waals surface area (Å²) in [5, 5.41) is 0. The maximum absolute atomic E-state index is 12.0. The van der Waals surface area contributed by atoms with Crippen molar-refractivity contribution in [1.82, 2.24) is 0 Å². The van der Waals surface area contributed by atoms with Gasteiger partial charge in [0.1, 0.15) is 22.7 Å². The Morgan fingerprint density at radius 3 is 1.85 bits per heavy atom. The zero-order chi connectivity index (χ0) is 30.3. The first-order valence-electron chi connectivity index (χ1n) is 13.4. The van der Waals surface area contributed by atoms with E-state index in [0.29, 0.717) is 48.4 Å². The van der Waals surface area contributed by atoms with Crippen molar-refractivity contribution in [2.75, 3.05) is 19.8 Å². The number of rotatable bonds is 11. The summed E-state index contributed by atoms with van der Waals surface area (Å²) in [5.74, 6) is 0.616. The van der Waals surface area contributed by atoms with Crippen LogP contribution in [0, 0.1) is 11.8 Å². The summed E-state index contributed by atoms with van der Waals surface area (Å²) in [6.07, 6.45) is -1.18. The molecule has 2 aromatic carbocycles. The Bertz CT molecular complexity index is 1050. The van der Waals surface area contributed by atoms with Crippen LogP contribution in [0.15, 0.2) is 48.5 Å². The molecule has 0 fully saturated rings. The second kappa shape index (κ2) is 17.2. The Morgan fingerprint density at radius 2 is 1.32 bits per heavy atom. The Morgan fingerprint density at radius 1 is 0.775 bits per heavy atom. The minimum atomic E-state index is -0.780. The lowest BCUT2D eigenvalue weighted by Gasteiger charge is -2.18. The van der Waals surface area contributed by atoms with Crippen molar-refractivity contribution in [3.8, 4) is 11.5 Å². The van der Waals surface area contributed by atoms with E-state index >= 15 is 0 Å². The van der Waals surface area contributed by atoms with Crippen molar-refractivity contribution in [2.45, 2.75) is 74.2 Å². The van der Waals surface area contributed by atoms with E-state index in [9.17, 15) is 14.4 Å². The zero-order valence-corrected chi connectivity index (χ0v) is 25.1. The summed E-state index contributed by atoms with van der Waals surface area (Å²) in [5.41, 5.74) is 0.222. The van der Waals surface area contributed by atoms with E-state index in [-0.39, 0.29) is 11.9 Å². The van der Waals surface area contributed by atoms with Crippen molar-refractivity contribution in [3.05, 3.63) is 59.7 Å². The number of carbonyl (C=O) groups excluding carboxylic acids is 3. The molecule has 0 aromatic heterocycles. The van der Waals surface area contributed by atoms with Gasteiger partial charge in [-0.25, -0.2) is 14.4 Å². The van der Waals surface area contributed by atoms with Crippen LogP contribution in [-0.4, -0.2) is 49.8 Å². The highest BCUT2D eigenvalue weighted by Crippen LogP contribution is 2.21. The fourth-order valence-corrected chi connectivity index (χ4v) is 2.86. The van der Waals surface area contributed by atoms with Crippen molar-refractivity contribution in [1.29, 1.82) is 0 Å². The SMILES string of the molecule is CC(C)COC(=O)c1ccc(OC(=O)OC(C)(C)C)cc1.CCOC(C)Oc1ccccc1C(=O)OCC(C)C. The number of benzene rings is 2. The molecule has 9 heteroatoms. The standard InChI is InChI=1S/C16H22O5.C15H22O4/c1-11(2)10-19-14(17)12-6-8-13(9-7-12)20-15(18)21-16(3,4)5;1-5-17-12(4)19-14-9-7-6-8-13(14)15(16)18-10-11(2)3/h6-9,11H,10H2,1-5H3;6-9,11-12H,5,10H2,1-4H3. The molecule has 0 N–H and O–H groups in total. The van der Waals surface area contributed by atoms with Crippen LogP contribution in [0.3, 0.4) is 0 Å². The van der Waals surface area contributed by atoms with Gasteiger partial charge in [-0.2, -0.15) is 0 Å². The Kier molecular flexibility index (Phi) is 14.8. The Hall–Kier alpha value is -3.59. The molecule has 0 aliphatic carbocycles. The first-order chi connectivity index (χ1) is 18.7. The van der Waals surface area contributed by atoms with Gasteiger partial charge in [-0.15, -0.1) is 0 Å². The molecule has 222 valence electrons. The molecule has 0 amide bonds. The summed E-state index contributed by atoms with van der Waals surface area (Å²) >= 11 is 0. The predicted octanol–water partition coefficient (Wildman–Crippen LogP) is 7.07. The molecule has 9 nitrogen and oxygen atoms in total. The highest BCUT2D eigenvalue weighted by Gasteiger charge is 2.18. The third-order valence-corrected chi connectivity index (χ3v) is 4.58. The topological polar surface area (TPSA) is 107 Å². The van der Waals surface area contributed by atoms with Crippen molar-refractivity contribution < 1.29 is 42.8 Å². The minimum absolute atomic E-state index is 0.281. The highest BCUT2D eigenvalue weighted by molar-refractivity contribution is 5.92. The minimum Gasteiger partial charge on any atom is -0.464 e. The summed E-state index contributed by atoms with van der Waals surface area (Å²) in [4.78, 5) is 35.2. The van der Waals surface area contributed by atoms with Gasteiger partial charge in [0, 0.05) is 6.61 Å². The van der Waals surface area contributed by atoms with E-state index in [4.69, 9.17) is 28.4 Å². The maximum atomic E-state index is 12.0. The number of ether oxygens (including phenoxy) is 6. The van der Waals surface area contributed by atoms with Crippen LogP contribution in [0.2, 0.25) is 0 Å². The number of hydrogen-bond acceptors (Lipinski definition) is 9. The van der Waals surface area contributed by atoms with E-state index < -0.39 is 24.0 Å². The summed E-state index contributed by atoms with van der Waals surface area (Å²) in [6.45, 7) is 18.2. The van der Waals surface area contributed by atoms with Crippen molar-refractivity contribution in [2.24, 2.45) is 11.8 Å². The molecule has 0 radical (unpaired) electrons. The maximum Gasteiger partial charge on any atom is 0.514 e. The lowest BCUT2D eigenvalue weighted by atomic mass is 10.2. The third kappa shape index (κ3) is 14.5. The Balaban J connectivity index is 0.000000402. The predicted molar refractivity (Wildman–Crippen MR) is 152 cm³/mol. The van der Waals surface area contributed by atoms with Crippen LogP contribution >= 0.6 is 0 Å². The molecule has 1 atom stereocenters. The molecular weight excluding hydrogens is 516 g/mol. The fourth-order valence-electron chi connectivity index (χ4n) is 2.86. The lowest BCUT2D eigenvalue weighted by Crippen LogP contribution is -2.25. The van der Waals surface area contributed by atoms with E-state index in [1.54, 1.807) is 58.0 Å². The smallest absolute Gasteiger partial charge is 0.464 e. The van der Waals surface area contributed by atoms with Gasteiger partial charge >= 0.3 is 18.1 Å². The average Bonchev–Trinajstić information content (AvgIpc) is 2.86. The van der Waals surface area contributed by atoms with E-state index in [0.717, 1.165) is 0 Å². The summed E-state index contributed by atoms with van der Waals surface area (Å²) in [7, 11) is 0. The Labute approximate surface area is 238 Å². The van der Waals surface area contributed by atoms with E-state index in [1.165, 1.54) is 12.1 Å². The van der Waals surface area contributed by atoms with Gasteiger partial charge in [0.2, 0.25) is 0 Å². The zero-order valence-electron chi connectivity index (χ0n) is 25.1. The molecule has 40 heavy (non-hydrogen) atoms. The molecule has 0 heterocycles. The molecule has 0 aliphatic heterocycles. The van der Waals surface area contributed by atoms with Gasteiger partial charge in [-0.1, -0.05) is 39.8 Å². The van der Waals surface area contributed by atoms with Crippen molar-refractivity contribution in [3.63, 3.8) is 0 Å². The molecule has 0 saturated carbocycles. The quantitative estimate of drug-likeness (QED) is 0.123. The van der Waals surface area contributed by atoms with Gasteiger partial charge in [0.05, 0.1) is 18.8 Å². The lowest BCUT2D eigenvalue weighted by molar-refractivity contribution is -0.0618. The first kappa shape index (κ1) is 34.4. The van der Waals surface area contributed by atoms with Gasteiger partial charge in [-0.3, -0.25) is 0 Å². The van der Waals surface area contributed by atoms with Gasteiger partial charge in [0.25, 0.3) is 0 Å².